The number of amides is 3. The van der Waals surface area contributed by atoms with E-state index in [-0.39, 0.29) is 42.6 Å². The number of rotatable bonds is 14. The highest BCUT2D eigenvalue weighted by molar-refractivity contribution is 5.98. The lowest BCUT2D eigenvalue weighted by Crippen LogP contribution is -2.49. The lowest BCUT2D eigenvalue weighted by Gasteiger charge is -2.24. The average Bonchev–Trinajstić information content (AvgIpc) is 3.03. The van der Waals surface area contributed by atoms with Gasteiger partial charge < -0.3 is 26.8 Å². The summed E-state index contributed by atoms with van der Waals surface area (Å²) < 4.78 is 5.56. The van der Waals surface area contributed by atoms with Gasteiger partial charge in [-0.05, 0) is 59.4 Å². The summed E-state index contributed by atoms with van der Waals surface area (Å²) in [5.74, 6) is -1.38. The fourth-order valence-corrected chi connectivity index (χ4v) is 4.93. The molecule has 0 saturated heterocycles. The van der Waals surface area contributed by atoms with Crippen molar-refractivity contribution in [3.8, 4) is 5.75 Å². The van der Waals surface area contributed by atoms with E-state index in [1.54, 1.807) is 24.3 Å². The molecule has 0 aliphatic carbocycles. The van der Waals surface area contributed by atoms with Crippen LogP contribution in [-0.2, 0) is 35.5 Å². The molecule has 0 heterocycles. The molecule has 0 saturated carbocycles. The first-order chi connectivity index (χ1) is 20.9. The van der Waals surface area contributed by atoms with Gasteiger partial charge in [0, 0.05) is 25.1 Å². The molecule has 4 aromatic carbocycles. The maximum atomic E-state index is 14.1. The van der Waals surface area contributed by atoms with E-state index in [2.05, 4.69) is 10.6 Å². The molecule has 44 heavy (non-hydrogen) atoms. The second-order valence-corrected chi connectivity index (χ2v) is 10.3. The van der Waals surface area contributed by atoms with Crippen molar-refractivity contribution in [1.82, 2.24) is 10.6 Å². The van der Waals surface area contributed by atoms with Gasteiger partial charge in [-0.25, -0.2) is 0 Å². The molecular weight excluding hydrogens is 576 g/mol. The Hall–Kier alpha value is -4.66. The van der Waals surface area contributed by atoms with Crippen LogP contribution in [0.2, 0.25) is 0 Å². The number of primary amides is 1. The molecule has 0 spiro atoms. The average molecular weight is 615 g/mol. The summed E-state index contributed by atoms with van der Waals surface area (Å²) in [6, 6.07) is 30.6. The fraction of sp³-hybridized carbons (Fsp3) is 0.229. The molecule has 0 aliphatic heterocycles. The van der Waals surface area contributed by atoms with E-state index in [1.165, 1.54) is 0 Å². The molecule has 8 nitrogen and oxygen atoms in total. The van der Waals surface area contributed by atoms with Crippen LogP contribution >= 0.6 is 12.4 Å². The van der Waals surface area contributed by atoms with E-state index < -0.39 is 17.9 Å². The van der Waals surface area contributed by atoms with Crippen molar-refractivity contribution in [2.75, 3.05) is 6.61 Å². The zero-order chi connectivity index (χ0) is 30.6. The van der Waals surface area contributed by atoms with Crippen LogP contribution in [0.15, 0.2) is 103 Å². The van der Waals surface area contributed by atoms with Gasteiger partial charge in [0.2, 0.25) is 17.7 Å². The van der Waals surface area contributed by atoms with Gasteiger partial charge in [0.1, 0.15) is 11.8 Å². The van der Waals surface area contributed by atoms with Gasteiger partial charge in [-0.3, -0.25) is 14.4 Å². The van der Waals surface area contributed by atoms with Gasteiger partial charge in [0.25, 0.3) is 0 Å². The largest absolute Gasteiger partial charge is 0.494 e. The Morgan fingerprint density at radius 3 is 1.95 bits per heavy atom. The summed E-state index contributed by atoms with van der Waals surface area (Å²) in [6.07, 6.45) is 0.577. The number of hydrogen-bond donors (Lipinski definition) is 4. The minimum absolute atomic E-state index is 0. The molecule has 6 N–H and O–H groups in total. The van der Waals surface area contributed by atoms with Crippen LogP contribution in [0.5, 0.6) is 5.75 Å². The third kappa shape index (κ3) is 9.42. The second-order valence-electron chi connectivity index (χ2n) is 10.3. The summed E-state index contributed by atoms with van der Waals surface area (Å²) in [7, 11) is 0. The van der Waals surface area contributed by atoms with Crippen molar-refractivity contribution in [2.24, 2.45) is 11.5 Å². The molecule has 3 amide bonds. The number of carbonyl (C=O) groups is 3. The third-order valence-corrected chi connectivity index (χ3v) is 7.23. The van der Waals surface area contributed by atoms with E-state index in [1.807, 2.05) is 85.8 Å². The molecule has 0 unspecified atom stereocenters. The Morgan fingerprint density at radius 2 is 1.32 bits per heavy atom. The van der Waals surface area contributed by atoms with Crippen LogP contribution in [0.25, 0.3) is 0 Å². The molecule has 2 atom stereocenters. The van der Waals surface area contributed by atoms with Crippen molar-refractivity contribution in [2.45, 2.75) is 44.8 Å². The smallest absolute Gasteiger partial charge is 0.249 e. The van der Waals surface area contributed by atoms with Crippen LogP contribution in [0.3, 0.4) is 0 Å². The molecule has 0 aliphatic rings. The minimum Gasteiger partial charge on any atom is -0.494 e. The van der Waals surface area contributed by atoms with Gasteiger partial charge >= 0.3 is 0 Å². The Balaban J connectivity index is 0.00000529. The van der Waals surface area contributed by atoms with Crippen LogP contribution < -0.4 is 26.8 Å². The van der Waals surface area contributed by atoms with E-state index in [0.29, 0.717) is 25.3 Å². The normalized spacial score (nSPS) is 11.9. The van der Waals surface area contributed by atoms with Crippen LogP contribution in [0.1, 0.15) is 51.0 Å². The number of carbonyl (C=O) groups excluding carboxylic acids is 3. The number of nitrogens with two attached hydrogens (primary N) is 2. The second kappa shape index (κ2) is 16.8. The lowest BCUT2D eigenvalue weighted by atomic mass is 9.87. The number of benzene rings is 4. The Bertz CT molecular complexity index is 1510. The first kappa shape index (κ1) is 33.8. The molecule has 0 radical (unpaired) electrons. The number of ether oxygens (including phenoxy) is 1. The lowest BCUT2D eigenvalue weighted by molar-refractivity contribution is -0.129. The predicted octanol–water partition coefficient (Wildman–Crippen LogP) is 4.43. The molecule has 4 rings (SSSR count). The summed E-state index contributed by atoms with van der Waals surface area (Å²) in [6.45, 7) is 3.19. The van der Waals surface area contributed by atoms with Crippen LogP contribution in [0.4, 0.5) is 0 Å². The van der Waals surface area contributed by atoms with Gasteiger partial charge in [0.15, 0.2) is 0 Å². The molecule has 0 fully saturated rings. The highest BCUT2D eigenvalue weighted by Crippen LogP contribution is 2.26. The number of nitrogens with one attached hydrogen (secondary N) is 2. The Labute approximate surface area is 264 Å². The van der Waals surface area contributed by atoms with Gasteiger partial charge in [-0.15, -0.1) is 12.4 Å². The topological polar surface area (TPSA) is 137 Å². The van der Waals surface area contributed by atoms with E-state index >= 15 is 0 Å². The first-order valence-electron chi connectivity index (χ1n) is 14.4. The highest BCUT2D eigenvalue weighted by atomic mass is 35.5. The molecule has 230 valence electrons. The molecule has 9 heteroatoms. The molecular formula is C35H39ClN4O4. The highest BCUT2D eigenvalue weighted by Gasteiger charge is 2.29. The van der Waals surface area contributed by atoms with Crippen molar-refractivity contribution in [3.63, 3.8) is 0 Å². The van der Waals surface area contributed by atoms with Crippen molar-refractivity contribution in [3.05, 3.63) is 137 Å². The first-order valence-corrected chi connectivity index (χ1v) is 14.4. The molecule has 0 aromatic heterocycles. The quantitative estimate of drug-likeness (QED) is 0.167. The van der Waals surface area contributed by atoms with E-state index in [9.17, 15) is 14.4 Å². The third-order valence-electron chi connectivity index (χ3n) is 7.23. The maximum absolute atomic E-state index is 14.1. The summed E-state index contributed by atoms with van der Waals surface area (Å²) in [5.41, 5.74) is 15.9. The summed E-state index contributed by atoms with van der Waals surface area (Å²) in [4.78, 5) is 40.0. The van der Waals surface area contributed by atoms with Crippen LogP contribution in [0, 0.1) is 0 Å². The Kier molecular flexibility index (Phi) is 13.0. The maximum Gasteiger partial charge on any atom is 0.249 e. The van der Waals surface area contributed by atoms with Crippen molar-refractivity contribution < 1.29 is 19.1 Å². The van der Waals surface area contributed by atoms with E-state index in [0.717, 1.165) is 28.0 Å². The number of hydrogen-bond acceptors (Lipinski definition) is 5. The standard InChI is InChI=1S/C35H38N4O4.ClH/c1-2-43-28-18-16-25(17-19-28)20-31(29-10-6-7-11-30(29)33(37)40)34(41)39-32(21-24-8-4-3-5-9-24)35(42)38-23-27-14-12-26(22-36)13-15-27;/h3-19,31-32H,2,20-23,36H2,1H3,(H2,37,40)(H,38,42)(H,39,41);1H/t31-,32+;/m1./s1. The Morgan fingerprint density at radius 1 is 0.727 bits per heavy atom. The van der Waals surface area contributed by atoms with Gasteiger partial charge in [-0.2, -0.15) is 0 Å². The zero-order valence-corrected chi connectivity index (χ0v) is 25.5. The van der Waals surface area contributed by atoms with Crippen LogP contribution in [-0.4, -0.2) is 30.4 Å². The summed E-state index contributed by atoms with van der Waals surface area (Å²) in [5, 5.41) is 5.96. The predicted molar refractivity (Wildman–Crippen MR) is 175 cm³/mol. The number of halogens is 1. The van der Waals surface area contributed by atoms with Crippen molar-refractivity contribution >= 4 is 30.1 Å². The fourth-order valence-electron chi connectivity index (χ4n) is 4.93. The van der Waals surface area contributed by atoms with Crippen molar-refractivity contribution in [1.29, 1.82) is 0 Å². The minimum atomic E-state index is -0.859. The zero-order valence-electron chi connectivity index (χ0n) is 24.7. The van der Waals surface area contributed by atoms with E-state index in [4.69, 9.17) is 16.2 Å². The van der Waals surface area contributed by atoms with Gasteiger partial charge in [-0.1, -0.05) is 84.9 Å². The monoisotopic (exact) mass is 614 g/mol. The molecule has 0 bridgehead atoms. The summed E-state index contributed by atoms with van der Waals surface area (Å²) >= 11 is 0. The van der Waals surface area contributed by atoms with Gasteiger partial charge in [0.05, 0.1) is 12.5 Å². The molecule has 4 aromatic rings. The SMILES string of the molecule is CCOc1ccc(C[C@@H](C(=O)N[C@@H](Cc2ccccc2)C(=O)NCc2ccc(CN)cc2)c2ccccc2C(N)=O)cc1.Cl.